The van der Waals surface area contributed by atoms with Gasteiger partial charge in [-0.05, 0) is 75.9 Å². The van der Waals surface area contributed by atoms with Gasteiger partial charge in [0.2, 0.25) is 35.8 Å². The van der Waals surface area contributed by atoms with E-state index >= 15 is 0 Å². The van der Waals surface area contributed by atoms with E-state index in [2.05, 4.69) is 30.4 Å². The zero-order chi connectivity index (χ0) is 44.3. The molecule has 20 nitrogen and oxygen atoms in total. The number of rotatable bonds is 11. The van der Waals surface area contributed by atoms with Gasteiger partial charge in [0.15, 0.2) is 11.4 Å². The quantitative estimate of drug-likeness (QED) is 0.0801. The molecule has 6 rings (SSSR count). The van der Waals surface area contributed by atoms with Crippen molar-refractivity contribution in [3.63, 3.8) is 0 Å². The summed E-state index contributed by atoms with van der Waals surface area (Å²) in [6.45, 7) is 5.71. The number of aromatic amines is 2. The van der Waals surface area contributed by atoms with Crippen molar-refractivity contribution >= 4 is 34.7 Å². The zero-order valence-electron chi connectivity index (χ0n) is 33.5. The number of carbonyl (C=O) groups is 2. The molecule has 0 aliphatic carbocycles. The van der Waals surface area contributed by atoms with Crippen LogP contribution in [0.4, 0.5) is 22.7 Å². The van der Waals surface area contributed by atoms with Gasteiger partial charge in [0.1, 0.15) is 24.8 Å². The molecule has 0 aliphatic heterocycles. The van der Waals surface area contributed by atoms with Gasteiger partial charge < -0.3 is 40.2 Å². The molecule has 0 amide bonds. The van der Waals surface area contributed by atoms with Gasteiger partial charge in [0.05, 0.1) is 49.6 Å². The van der Waals surface area contributed by atoms with E-state index in [4.69, 9.17) is 10.2 Å². The molecule has 0 aliphatic rings. The molecule has 0 spiro atoms. The van der Waals surface area contributed by atoms with Gasteiger partial charge in [0.25, 0.3) is 11.1 Å². The SMILES string of the molecule is CC(O)C(=O)[O-].CC(O)C(=O)[O-].Cc1c(N=Nc2ccc(CCc3ccc(N=Nc4c(O)[nH]c(=O)c(-n5cc[n+](C)c5)c4C)cc3)cc2)c(O)[nH]c(=O)c1-n1cc[n+](C)c1. The lowest BCUT2D eigenvalue weighted by molar-refractivity contribution is -0.670. The van der Waals surface area contributed by atoms with Crippen LogP contribution >= 0.6 is 0 Å². The largest absolute Gasteiger partial charge is 0.547 e. The number of nitrogens with one attached hydrogen (secondary N) is 2. The Morgan fingerprint density at radius 1 is 0.650 bits per heavy atom. The molecule has 4 aromatic heterocycles. The second-order valence-corrected chi connectivity index (χ2v) is 13.4. The van der Waals surface area contributed by atoms with Gasteiger partial charge >= 0.3 is 0 Å². The molecule has 0 saturated carbocycles. The molecule has 0 radical (unpaired) electrons. The van der Waals surface area contributed by atoms with Crippen LogP contribution in [-0.2, 0) is 36.5 Å². The number of carbonyl (C=O) groups excluding carboxylic acids is 2. The van der Waals surface area contributed by atoms with Crippen molar-refractivity contribution < 1.29 is 49.4 Å². The Morgan fingerprint density at radius 2 is 0.967 bits per heavy atom. The molecule has 314 valence electrons. The Hall–Kier alpha value is -7.58. The summed E-state index contributed by atoms with van der Waals surface area (Å²) >= 11 is 0. The first-order valence-corrected chi connectivity index (χ1v) is 18.1. The lowest BCUT2D eigenvalue weighted by Gasteiger charge is -2.06. The second kappa shape index (κ2) is 20.2. The van der Waals surface area contributed by atoms with Crippen LogP contribution in [0.5, 0.6) is 11.8 Å². The molecule has 20 heteroatoms. The number of imidazole rings is 2. The van der Waals surface area contributed by atoms with Gasteiger partial charge in [-0.15, -0.1) is 10.2 Å². The molecule has 4 heterocycles. The van der Waals surface area contributed by atoms with Gasteiger partial charge in [-0.3, -0.25) is 19.6 Å². The number of aliphatic carboxylic acids is 2. The molecule has 0 fully saturated rings. The van der Waals surface area contributed by atoms with Crippen LogP contribution in [0.1, 0.15) is 36.1 Å². The lowest BCUT2D eigenvalue weighted by Crippen LogP contribution is -2.32. The second-order valence-electron chi connectivity index (χ2n) is 13.4. The molecule has 6 aromatic rings. The summed E-state index contributed by atoms with van der Waals surface area (Å²) in [5.41, 5.74) is 4.66. The zero-order valence-corrected chi connectivity index (χ0v) is 33.5. The highest BCUT2D eigenvalue weighted by atomic mass is 16.4. The number of hydrogen-bond acceptors (Lipinski definition) is 14. The fraction of sp³-hybridized carbons (Fsp3) is 0.250. The average molecular weight is 825 g/mol. The van der Waals surface area contributed by atoms with Crippen LogP contribution in [-0.4, -0.2) is 63.7 Å². The van der Waals surface area contributed by atoms with Crippen LogP contribution in [0.2, 0.25) is 0 Å². The number of pyridine rings is 2. The number of aromatic nitrogens is 6. The Morgan fingerprint density at radius 3 is 1.23 bits per heavy atom. The number of aliphatic hydroxyl groups is 2. The number of aromatic hydroxyl groups is 2. The highest BCUT2D eigenvalue weighted by molar-refractivity contribution is 5.69. The van der Waals surface area contributed by atoms with Crippen molar-refractivity contribution in [2.45, 2.75) is 52.7 Å². The third-order valence-electron chi connectivity index (χ3n) is 8.61. The maximum absolute atomic E-state index is 12.5. The van der Waals surface area contributed by atoms with E-state index in [1.54, 1.807) is 48.0 Å². The minimum atomic E-state index is -1.44. The van der Waals surface area contributed by atoms with E-state index in [1.165, 1.54) is 0 Å². The monoisotopic (exact) mass is 824 g/mol. The highest BCUT2D eigenvalue weighted by Gasteiger charge is 2.21. The fourth-order valence-corrected chi connectivity index (χ4v) is 5.37. The van der Waals surface area contributed by atoms with Gasteiger partial charge in [-0.25, -0.2) is 9.13 Å². The summed E-state index contributed by atoms with van der Waals surface area (Å²) in [4.78, 5) is 48.6. The number of carboxylic acids is 2. The standard InChI is InChI=1S/C34H32N10O4.2C3H6O3/c1-21-27(31(45)35-33(47)29(21)43-17-15-41(3)19-43)39-37-25-11-7-23(8-12-25)5-6-24-9-13-26(14-10-24)38-40-28-22(2)30(34(48)36-32(28)46)44-18-16-42(4)20-44;2*1-2(4)3(5)6/h7-20H,5-6H2,1-4H3,(H2-2,35,36,37,38,45,46,47,48);2*2,4H,1H3,(H,5,6). The number of benzene rings is 2. The van der Waals surface area contributed by atoms with E-state index in [1.807, 2.05) is 84.2 Å². The number of aliphatic hydroxyl groups excluding tert-OH is 2. The minimum Gasteiger partial charge on any atom is -0.547 e. The highest BCUT2D eigenvalue weighted by Crippen LogP contribution is 2.33. The Labute approximate surface area is 342 Å². The Balaban J connectivity index is 0.000000580. The third-order valence-corrected chi connectivity index (χ3v) is 8.61. The normalized spacial score (nSPS) is 12.1. The summed E-state index contributed by atoms with van der Waals surface area (Å²) in [6.07, 6.45) is 9.51. The van der Waals surface area contributed by atoms with Gasteiger partial charge in [-0.2, -0.15) is 19.4 Å². The third kappa shape index (κ3) is 12.0. The summed E-state index contributed by atoms with van der Waals surface area (Å²) in [5, 5.41) is 72.4. The molecule has 2 aromatic carbocycles. The van der Waals surface area contributed by atoms with E-state index < -0.39 is 35.3 Å². The van der Waals surface area contributed by atoms with Crippen molar-refractivity contribution in [3.05, 3.63) is 129 Å². The summed E-state index contributed by atoms with van der Waals surface area (Å²) in [7, 11) is 3.70. The Kier molecular flexibility index (Phi) is 15.2. The number of carboxylic acid groups (broad SMARTS) is 2. The van der Waals surface area contributed by atoms with Crippen molar-refractivity contribution in [3.8, 4) is 23.1 Å². The van der Waals surface area contributed by atoms with Crippen molar-refractivity contribution in [1.29, 1.82) is 0 Å². The number of hydrogen-bond donors (Lipinski definition) is 6. The molecule has 0 bridgehead atoms. The smallest absolute Gasteiger partial charge is 0.298 e. The summed E-state index contributed by atoms with van der Waals surface area (Å²) in [5.74, 6) is -3.55. The first-order chi connectivity index (χ1) is 28.4. The predicted octanol–water partition coefficient (Wildman–Crippen LogP) is 1.17. The summed E-state index contributed by atoms with van der Waals surface area (Å²) < 4.78 is 6.95. The maximum Gasteiger partial charge on any atom is 0.298 e. The Bertz CT molecular complexity index is 2440. The lowest BCUT2D eigenvalue weighted by atomic mass is 10.0. The molecule has 60 heavy (non-hydrogen) atoms. The average Bonchev–Trinajstić information content (AvgIpc) is 3.82. The number of H-pyrrole nitrogens is 2. The fourth-order valence-electron chi connectivity index (χ4n) is 5.37. The molecule has 2 atom stereocenters. The van der Waals surface area contributed by atoms with Gasteiger partial charge in [0, 0.05) is 11.1 Å². The van der Waals surface area contributed by atoms with Crippen LogP contribution in [0.25, 0.3) is 11.4 Å². The van der Waals surface area contributed by atoms with Crippen molar-refractivity contribution in [2.24, 2.45) is 34.6 Å². The maximum atomic E-state index is 12.5. The van der Waals surface area contributed by atoms with Crippen LogP contribution < -0.4 is 30.5 Å². The van der Waals surface area contributed by atoms with Crippen LogP contribution in [0, 0.1) is 13.8 Å². The van der Waals surface area contributed by atoms with Crippen molar-refractivity contribution in [1.82, 2.24) is 19.1 Å². The van der Waals surface area contributed by atoms with Crippen molar-refractivity contribution in [2.75, 3.05) is 0 Å². The molecule has 2 unspecified atom stereocenters. The molecular weight excluding hydrogens is 780 g/mol. The van der Waals surface area contributed by atoms with E-state index in [0.717, 1.165) is 37.8 Å². The number of azo groups is 2. The first kappa shape index (κ1) is 45.1. The molecule has 6 N–H and O–H groups in total. The van der Waals surface area contributed by atoms with Crippen LogP contribution in [0.15, 0.2) is 116 Å². The minimum absolute atomic E-state index is 0.189. The van der Waals surface area contributed by atoms with E-state index in [0.29, 0.717) is 33.9 Å². The van der Waals surface area contributed by atoms with Crippen LogP contribution in [0.3, 0.4) is 0 Å². The molecular formula is C40H44N10O10. The number of aryl methyl sites for hydroxylation is 4. The number of nitrogens with zero attached hydrogens (tertiary/aromatic N) is 8. The molecule has 0 saturated heterocycles. The topological polar surface area (TPSA) is 294 Å². The van der Waals surface area contributed by atoms with Gasteiger partial charge in [-0.1, -0.05) is 24.3 Å². The summed E-state index contributed by atoms with van der Waals surface area (Å²) in [6, 6.07) is 15.3. The van der Waals surface area contributed by atoms with E-state index in [9.17, 15) is 39.6 Å². The predicted molar refractivity (Wildman–Crippen MR) is 210 cm³/mol. The van der Waals surface area contributed by atoms with E-state index in [-0.39, 0.29) is 23.1 Å². The first-order valence-electron chi connectivity index (χ1n) is 18.1.